The summed E-state index contributed by atoms with van der Waals surface area (Å²) in [6, 6.07) is 4.19. The van der Waals surface area contributed by atoms with Crippen LogP contribution in [0.1, 0.15) is 24.6 Å². The zero-order valence-electron chi connectivity index (χ0n) is 14.3. The Labute approximate surface area is 160 Å². The van der Waals surface area contributed by atoms with Gasteiger partial charge in [0.2, 0.25) is 0 Å². The highest BCUT2D eigenvalue weighted by molar-refractivity contribution is 14.0. The maximum atomic E-state index is 5.53. The molecule has 0 aromatic carbocycles. The third kappa shape index (κ3) is 6.21. The van der Waals surface area contributed by atoms with Gasteiger partial charge in [-0.25, -0.2) is 4.99 Å². The Morgan fingerprint density at radius 1 is 1.35 bits per heavy atom. The van der Waals surface area contributed by atoms with E-state index >= 15 is 0 Å². The van der Waals surface area contributed by atoms with Crippen molar-refractivity contribution in [3.8, 4) is 0 Å². The molecule has 2 N–H and O–H groups in total. The summed E-state index contributed by atoms with van der Waals surface area (Å²) in [5, 5.41) is 8.95. The topological polar surface area (TPSA) is 48.9 Å². The molecule has 1 fully saturated rings. The Morgan fingerprint density at radius 2 is 2.09 bits per heavy atom. The molecule has 0 unspecified atom stereocenters. The van der Waals surface area contributed by atoms with Gasteiger partial charge in [-0.15, -0.1) is 35.3 Å². The summed E-state index contributed by atoms with van der Waals surface area (Å²) in [6.45, 7) is 6.25. The number of hydrogen-bond acceptors (Lipinski definition) is 4. The van der Waals surface area contributed by atoms with Crippen LogP contribution in [0.2, 0.25) is 0 Å². The van der Waals surface area contributed by atoms with E-state index in [0.717, 1.165) is 51.6 Å². The Morgan fingerprint density at radius 3 is 2.65 bits per heavy atom. The predicted molar refractivity (Wildman–Crippen MR) is 109 cm³/mol. The zero-order chi connectivity index (χ0) is 15.8. The van der Waals surface area contributed by atoms with Crippen LogP contribution in [-0.4, -0.2) is 56.8 Å². The van der Waals surface area contributed by atoms with E-state index in [9.17, 15) is 0 Å². The number of aliphatic imine (C=N–C) groups is 1. The number of ether oxygens (including phenoxy) is 1. The molecule has 1 aromatic heterocycles. The van der Waals surface area contributed by atoms with E-state index in [1.807, 2.05) is 0 Å². The molecular weight excluding hydrogens is 423 g/mol. The van der Waals surface area contributed by atoms with E-state index in [0.29, 0.717) is 0 Å². The Kier molecular flexibility index (Phi) is 9.41. The van der Waals surface area contributed by atoms with Gasteiger partial charge in [-0.3, -0.25) is 0 Å². The van der Waals surface area contributed by atoms with Crippen molar-refractivity contribution >= 4 is 41.3 Å². The standard InChI is InChI=1S/C16H28N4OS.HI/c1-4-17-15(18-12-14-6-5-11-22-14)19-13-16(20(2)3)7-9-21-10-8-16;/h5-6,11H,4,7-10,12-13H2,1-3H3,(H2,17,18,19);1H. The molecule has 0 aliphatic carbocycles. The second-order valence-corrected chi connectivity index (χ2v) is 6.89. The van der Waals surface area contributed by atoms with Crippen molar-refractivity contribution in [3.05, 3.63) is 22.4 Å². The van der Waals surface area contributed by atoms with E-state index < -0.39 is 0 Å². The lowest BCUT2D eigenvalue weighted by Crippen LogP contribution is -2.57. The molecule has 0 spiro atoms. The van der Waals surface area contributed by atoms with Gasteiger partial charge in [-0.1, -0.05) is 6.07 Å². The molecule has 7 heteroatoms. The van der Waals surface area contributed by atoms with Crippen LogP contribution in [0.5, 0.6) is 0 Å². The fraction of sp³-hybridized carbons (Fsp3) is 0.688. The lowest BCUT2D eigenvalue weighted by atomic mass is 9.88. The first kappa shape index (κ1) is 20.7. The van der Waals surface area contributed by atoms with Gasteiger partial charge < -0.3 is 20.3 Å². The Hall–Kier alpha value is -0.380. The highest BCUT2D eigenvalue weighted by Gasteiger charge is 2.34. The molecule has 0 atom stereocenters. The van der Waals surface area contributed by atoms with E-state index in [2.05, 4.69) is 59.1 Å². The summed E-state index contributed by atoms with van der Waals surface area (Å²) in [4.78, 5) is 8.29. The summed E-state index contributed by atoms with van der Waals surface area (Å²) < 4.78 is 5.53. The Bertz CT molecular complexity index is 459. The maximum absolute atomic E-state index is 5.53. The molecule has 1 aromatic rings. The molecule has 2 rings (SSSR count). The molecule has 0 saturated carbocycles. The number of nitrogens with one attached hydrogen (secondary N) is 2. The van der Waals surface area contributed by atoms with E-state index in [1.54, 1.807) is 11.3 Å². The Balaban J connectivity index is 0.00000264. The summed E-state index contributed by atoms with van der Waals surface area (Å²) >= 11 is 1.75. The second kappa shape index (κ2) is 10.5. The van der Waals surface area contributed by atoms with Crippen LogP contribution >= 0.6 is 35.3 Å². The summed E-state index contributed by atoms with van der Waals surface area (Å²) in [6.07, 6.45) is 2.11. The van der Waals surface area contributed by atoms with Crippen LogP contribution in [0.4, 0.5) is 0 Å². The van der Waals surface area contributed by atoms with Gasteiger partial charge in [0.25, 0.3) is 0 Å². The van der Waals surface area contributed by atoms with E-state index in [4.69, 9.17) is 4.74 Å². The van der Waals surface area contributed by atoms with Crippen molar-refractivity contribution in [1.29, 1.82) is 0 Å². The molecule has 0 radical (unpaired) electrons. The number of hydrogen-bond donors (Lipinski definition) is 2. The van der Waals surface area contributed by atoms with Crippen LogP contribution in [-0.2, 0) is 11.3 Å². The maximum Gasteiger partial charge on any atom is 0.191 e. The first-order chi connectivity index (χ1) is 10.7. The van der Waals surface area contributed by atoms with Crippen molar-refractivity contribution in [1.82, 2.24) is 15.5 Å². The number of guanidine groups is 1. The number of nitrogens with zero attached hydrogens (tertiary/aromatic N) is 2. The van der Waals surface area contributed by atoms with Gasteiger partial charge >= 0.3 is 0 Å². The molecule has 1 aliphatic heterocycles. The minimum Gasteiger partial charge on any atom is -0.381 e. The minimum absolute atomic E-state index is 0. The smallest absolute Gasteiger partial charge is 0.191 e. The lowest BCUT2D eigenvalue weighted by Gasteiger charge is -2.43. The van der Waals surface area contributed by atoms with Gasteiger partial charge in [-0.2, -0.15) is 0 Å². The van der Waals surface area contributed by atoms with Gasteiger partial charge in [0.05, 0.1) is 6.54 Å². The highest BCUT2D eigenvalue weighted by Crippen LogP contribution is 2.25. The first-order valence-electron chi connectivity index (χ1n) is 7.96. The van der Waals surface area contributed by atoms with Crippen LogP contribution in [0.15, 0.2) is 22.5 Å². The summed E-state index contributed by atoms with van der Waals surface area (Å²) in [5.41, 5.74) is 0.150. The van der Waals surface area contributed by atoms with E-state index in [-0.39, 0.29) is 29.5 Å². The van der Waals surface area contributed by atoms with Crippen molar-refractivity contribution in [2.45, 2.75) is 31.8 Å². The number of thiophene rings is 1. The molecular formula is C16H29IN4OS. The monoisotopic (exact) mass is 452 g/mol. The van der Waals surface area contributed by atoms with Crippen molar-refractivity contribution < 1.29 is 4.74 Å². The fourth-order valence-corrected chi connectivity index (χ4v) is 3.31. The van der Waals surface area contributed by atoms with Crippen molar-refractivity contribution in [3.63, 3.8) is 0 Å². The van der Waals surface area contributed by atoms with Crippen LogP contribution in [0.3, 0.4) is 0 Å². The predicted octanol–water partition coefficient (Wildman–Crippen LogP) is 2.53. The third-order valence-electron chi connectivity index (χ3n) is 4.27. The quantitative estimate of drug-likeness (QED) is 0.396. The van der Waals surface area contributed by atoms with Gasteiger partial charge in [-0.05, 0) is 45.3 Å². The van der Waals surface area contributed by atoms with Gasteiger partial charge in [0, 0.05) is 36.7 Å². The largest absolute Gasteiger partial charge is 0.381 e. The van der Waals surface area contributed by atoms with Gasteiger partial charge in [0.15, 0.2) is 5.96 Å². The number of halogens is 1. The van der Waals surface area contributed by atoms with E-state index in [1.165, 1.54) is 4.88 Å². The minimum atomic E-state index is 0. The van der Waals surface area contributed by atoms with Crippen LogP contribution in [0, 0.1) is 0 Å². The molecule has 23 heavy (non-hydrogen) atoms. The van der Waals surface area contributed by atoms with Crippen molar-refractivity contribution in [2.75, 3.05) is 40.4 Å². The molecule has 1 saturated heterocycles. The third-order valence-corrected chi connectivity index (χ3v) is 5.14. The average Bonchev–Trinajstić information content (AvgIpc) is 3.04. The molecule has 132 valence electrons. The summed E-state index contributed by atoms with van der Waals surface area (Å²) in [7, 11) is 4.31. The second-order valence-electron chi connectivity index (χ2n) is 5.86. The van der Waals surface area contributed by atoms with Crippen LogP contribution < -0.4 is 10.6 Å². The van der Waals surface area contributed by atoms with Crippen molar-refractivity contribution in [2.24, 2.45) is 4.99 Å². The molecule has 0 amide bonds. The normalized spacial score (nSPS) is 17.7. The first-order valence-corrected chi connectivity index (χ1v) is 8.84. The zero-order valence-corrected chi connectivity index (χ0v) is 17.4. The highest BCUT2D eigenvalue weighted by atomic mass is 127. The average molecular weight is 452 g/mol. The SMILES string of the molecule is CCNC(=NCc1cccs1)NCC1(N(C)C)CCOCC1.I. The summed E-state index contributed by atoms with van der Waals surface area (Å²) in [5.74, 6) is 0.892. The molecule has 1 aliphatic rings. The number of rotatable bonds is 6. The number of likely N-dealkylation sites (N-methyl/N-ethyl adjacent to an activating group) is 1. The lowest BCUT2D eigenvalue weighted by molar-refractivity contribution is -0.00501. The molecule has 0 bridgehead atoms. The fourth-order valence-electron chi connectivity index (χ4n) is 2.68. The van der Waals surface area contributed by atoms with Gasteiger partial charge in [0.1, 0.15) is 0 Å². The van der Waals surface area contributed by atoms with Crippen LogP contribution in [0.25, 0.3) is 0 Å². The molecule has 5 nitrogen and oxygen atoms in total. The molecule has 2 heterocycles.